The lowest BCUT2D eigenvalue weighted by Gasteiger charge is -2.18. The van der Waals surface area contributed by atoms with Gasteiger partial charge in [0.05, 0.1) is 12.8 Å². The average Bonchev–Trinajstić information content (AvgIpc) is 3.15. The van der Waals surface area contributed by atoms with E-state index >= 15 is 0 Å². The number of thiophene rings is 1. The zero-order chi connectivity index (χ0) is 22.2. The van der Waals surface area contributed by atoms with Gasteiger partial charge >= 0.3 is 0 Å². The van der Waals surface area contributed by atoms with E-state index < -0.39 is 0 Å². The molecule has 170 valence electrons. The summed E-state index contributed by atoms with van der Waals surface area (Å²) in [6, 6.07) is 18.4. The van der Waals surface area contributed by atoms with E-state index in [0.717, 1.165) is 45.9 Å². The predicted octanol–water partition coefficient (Wildman–Crippen LogP) is 3.73. The van der Waals surface area contributed by atoms with Crippen LogP contribution in [0.4, 0.5) is 5.69 Å². The highest BCUT2D eigenvalue weighted by Crippen LogP contribution is 2.43. The molecule has 4 nitrogen and oxygen atoms in total. The average molecular weight is 478 g/mol. The van der Waals surface area contributed by atoms with Crippen molar-refractivity contribution in [3.05, 3.63) is 65.0 Å². The van der Waals surface area contributed by atoms with E-state index in [0.29, 0.717) is 5.92 Å². The van der Waals surface area contributed by atoms with Gasteiger partial charge in [-0.25, -0.2) is 4.98 Å². The van der Waals surface area contributed by atoms with Crippen LogP contribution in [-0.4, -0.2) is 18.0 Å². The van der Waals surface area contributed by atoms with Crippen LogP contribution in [0.3, 0.4) is 0 Å². The molecular formula is C27H26ClN2O2S-. The van der Waals surface area contributed by atoms with Crippen molar-refractivity contribution in [3.8, 4) is 28.1 Å². The van der Waals surface area contributed by atoms with Crippen LogP contribution in [0, 0.1) is 5.92 Å². The molecule has 1 amide bonds. The molecule has 2 aromatic heterocycles. The quantitative estimate of drug-likeness (QED) is 0.487. The third kappa shape index (κ3) is 4.61. The van der Waals surface area contributed by atoms with Crippen LogP contribution in [0.2, 0.25) is 0 Å². The van der Waals surface area contributed by atoms with Gasteiger partial charge in [0.15, 0.2) is 0 Å². The monoisotopic (exact) mass is 477 g/mol. The number of anilines is 1. The predicted molar refractivity (Wildman–Crippen MR) is 133 cm³/mol. The van der Waals surface area contributed by atoms with Crippen LogP contribution in [0.25, 0.3) is 32.6 Å². The number of hydrogen-bond donors (Lipinski definition) is 1. The van der Waals surface area contributed by atoms with Gasteiger partial charge in [0.2, 0.25) is 5.91 Å². The number of amides is 1. The molecule has 5 rings (SSSR count). The summed E-state index contributed by atoms with van der Waals surface area (Å²) in [4.78, 5) is 19.2. The highest BCUT2D eigenvalue weighted by atomic mass is 35.5. The number of rotatable bonds is 4. The van der Waals surface area contributed by atoms with E-state index in [1.807, 2.05) is 47.7 Å². The van der Waals surface area contributed by atoms with Crippen LogP contribution < -0.4 is 22.5 Å². The van der Waals surface area contributed by atoms with Gasteiger partial charge < -0.3 is 22.5 Å². The Balaban J connectivity index is 0.00000259. The minimum Gasteiger partial charge on any atom is -1.00 e. The Labute approximate surface area is 204 Å². The molecule has 6 heteroatoms. The Morgan fingerprint density at radius 2 is 1.91 bits per heavy atom. The number of carbonyl (C=O) groups is 1. The zero-order valence-corrected chi connectivity index (χ0v) is 20.5. The third-order valence-corrected chi connectivity index (χ3v) is 7.29. The number of aromatic nitrogens is 1. The summed E-state index contributed by atoms with van der Waals surface area (Å²) in [6.07, 6.45) is 3.46. The molecule has 0 bridgehead atoms. The topological polar surface area (TPSA) is 51.2 Å². The summed E-state index contributed by atoms with van der Waals surface area (Å²) in [5, 5.41) is 4.17. The molecule has 33 heavy (non-hydrogen) atoms. The molecule has 0 radical (unpaired) electrons. The fraction of sp³-hybridized carbons (Fsp3) is 0.259. The molecule has 1 unspecified atom stereocenters. The van der Waals surface area contributed by atoms with Crippen molar-refractivity contribution in [2.75, 3.05) is 12.4 Å². The van der Waals surface area contributed by atoms with Crippen molar-refractivity contribution in [2.24, 2.45) is 5.92 Å². The maximum Gasteiger partial charge on any atom is 0.221 e. The van der Waals surface area contributed by atoms with Gasteiger partial charge in [-0.2, -0.15) is 0 Å². The van der Waals surface area contributed by atoms with Crippen LogP contribution in [-0.2, 0) is 17.6 Å². The lowest BCUT2D eigenvalue weighted by Crippen LogP contribution is -3.00. The number of nitrogens with one attached hydrogen (secondary N) is 1. The van der Waals surface area contributed by atoms with Crippen LogP contribution in [0.15, 0.2) is 54.6 Å². The summed E-state index contributed by atoms with van der Waals surface area (Å²) in [7, 11) is 1.69. The maximum atomic E-state index is 11.5. The normalized spacial score (nSPS) is 14.9. The van der Waals surface area contributed by atoms with E-state index in [4.69, 9.17) is 9.72 Å². The molecule has 0 saturated carbocycles. The van der Waals surface area contributed by atoms with Gasteiger partial charge in [-0.3, -0.25) is 4.79 Å². The van der Waals surface area contributed by atoms with E-state index in [-0.39, 0.29) is 18.3 Å². The number of fused-ring (bicyclic) bond motifs is 3. The Kier molecular flexibility index (Phi) is 6.73. The van der Waals surface area contributed by atoms with Crippen LogP contribution in [0.5, 0.6) is 5.75 Å². The van der Waals surface area contributed by atoms with Crippen molar-refractivity contribution < 1.29 is 21.9 Å². The number of methoxy groups -OCH3 is 1. The smallest absolute Gasteiger partial charge is 0.221 e. The van der Waals surface area contributed by atoms with Crippen molar-refractivity contribution in [1.29, 1.82) is 0 Å². The Morgan fingerprint density at radius 3 is 2.64 bits per heavy atom. The van der Waals surface area contributed by atoms with Crippen molar-refractivity contribution in [3.63, 3.8) is 0 Å². The van der Waals surface area contributed by atoms with Gasteiger partial charge in [-0.05, 0) is 72.2 Å². The molecule has 1 aliphatic rings. The van der Waals surface area contributed by atoms with Gasteiger partial charge in [0.1, 0.15) is 10.6 Å². The second-order valence-electron chi connectivity index (χ2n) is 8.58. The first-order valence-corrected chi connectivity index (χ1v) is 11.8. The molecule has 2 heterocycles. The standard InChI is InChI=1S/C27H26N2O2S.ClH/c1-16-7-12-22-25(13-16)32-27-26(22)23(18-8-10-21(31-3)11-9-18)15-24(29-27)19-5-4-6-20(14-19)28-17(2)30;/h4-6,8-11,14-16H,7,12-13H2,1-3H3,(H,28,30);1H/p-1. The van der Waals surface area contributed by atoms with Gasteiger partial charge in [0.25, 0.3) is 0 Å². The third-order valence-electron chi connectivity index (χ3n) is 6.15. The van der Waals surface area contributed by atoms with Crippen LogP contribution in [0.1, 0.15) is 30.7 Å². The fourth-order valence-electron chi connectivity index (χ4n) is 4.55. The summed E-state index contributed by atoms with van der Waals surface area (Å²) in [5.74, 6) is 1.49. The molecule has 0 spiro atoms. The Hall–Kier alpha value is -2.89. The molecule has 0 saturated heterocycles. The SMILES string of the molecule is COc1ccc(-c2cc(-c3cccc(NC(C)=O)c3)nc3sc4c(c23)CCC(C)C4)cc1.[Cl-]. The summed E-state index contributed by atoms with van der Waals surface area (Å²) in [5.41, 5.74) is 6.54. The molecule has 1 N–H and O–H groups in total. The first kappa shape index (κ1) is 23.3. The van der Waals surface area contributed by atoms with E-state index in [1.54, 1.807) is 7.11 Å². The van der Waals surface area contributed by atoms with E-state index in [2.05, 4.69) is 30.4 Å². The number of benzene rings is 2. The molecule has 1 atom stereocenters. The number of carbonyl (C=O) groups excluding carboxylic acids is 1. The lowest BCUT2D eigenvalue weighted by atomic mass is 9.87. The molecule has 0 aliphatic heterocycles. The summed E-state index contributed by atoms with van der Waals surface area (Å²) >= 11 is 1.84. The highest BCUT2D eigenvalue weighted by molar-refractivity contribution is 7.19. The number of pyridine rings is 1. The summed E-state index contributed by atoms with van der Waals surface area (Å²) in [6.45, 7) is 3.86. The number of ether oxygens (including phenoxy) is 1. The van der Waals surface area contributed by atoms with E-state index in [9.17, 15) is 4.79 Å². The molecule has 4 aromatic rings. The van der Waals surface area contributed by atoms with Crippen LogP contribution >= 0.6 is 11.3 Å². The second kappa shape index (κ2) is 9.54. The lowest BCUT2D eigenvalue weighted by molar-refractivity contribution is -0.114. The molecule has 0 fully saturated rings. The fourth-order valence-corrected chi connectivity index (χ4v) is 5.96. The Bertz CT molecular complexity index is 1310. The Morgan fingerprint density at radius 1 is 1.12 bits per heavy atom. The van der Waals surface area contributed by atoms with Gasteiger partial charge in [-0.15, -0.1) is 11.3 Å². The van der Waals surface area contributed by atoms with Crippen molar-refractivity contribution in [2.45, 2.75) is 33.1 Å². The maximum absolute atomic E-state index is 11.5. The minimum absolute atomic E-state index is 0. The van der Waals surface area contributed by atoms with Gasteiger partial charge in [0, 0.05) is 28.4 Å². The number of nitrogens with zero attached hydrogens (tertiary/aromatic N) is 1. The molecular weight excluding hydrogens is 452 g/mol. The first-order valence-electron chi connectivity index (χ1n) is 11.0. The number of hydrogen-bond acceptors (Lipinski definition) is 4. The molecule has 2 aromatic carbocycles. The minimum atomic E-state index is -0.0791. The van der Waals surface area contributed by atoms with Crippen molar-refractivity contribution in [1.82, 2.24) is 4.98 Å². The number of halogens is 1. The highest BCUT2D eigenvalue weighted by Gasteiger charge is 2.24. The summed E-state index contributed by atoms with van der Waals surface area (Å²) < 4.78 is 5.37. The second-order valence-corrected chi connectivity index (χ2v) is 9.66. The molecule has 1 aliphatic carbocycles. The largest absolute Gasteiger partial charge is 1.00 e. The van der Waals surface area contributed by atoms with Crippen molar-refractivity contribution >= 4 is 33.1 Å². The van der Waals surface area contributed by atoms with E-state index in [1.165, 1.54) is 34.7 Å². The first-order chi connectivity index (χ1) is 15.5. The van der Waals surface area contributed by atoms with Gasteiger partial charge in [-0.1, -0.05) is 31.2 Å². The number of aryl methyl sites for hydroxylation is 1. The zero-order valence-electron chi connectivity index (χ0n) is 18.9.